The van der Waals surface area contributed by atoms with Crippen LogP contribution in [0.4, 0.5) is 0 Å². The Hall–Kier alpha value is -3.32. The Labute approximate surface area is 224 Å². The number of imide groups is 1. The fraction of sp³-hybridized carbons (Fsp3) is 0.375. The maximum Gasteiger partial charge on any atom is 0.259 e. The van der Waals surface area contributed by atoms with Crippen LogP contribution in [0, 0.1) is 0 Å². The average molecular weight is 511 g/mol. The maximum atomic E-state index is 13.3. The van der Waals surface area contributed by atoms with Crippen LogP contribution in [0.15, 0.2) is 71.8 Å². The van der Waals surface area contributed by atoms with Crippen molar-refractivity contribution >= 4 is 23.0 Å². The molecule has 2 amide bonds. The van der Waals surface area contributed by atoms with E-state index in [2.05, 4.69) is 53.6 Å². The average Bonchev–Trinajstić information content (AvgIpc) is 3.57. The Balaban J connectivity index is 1.44. The largest absolute Gasteiger partial charge is 0.380 e. The molecular formula is C32H34N2O4. The molecule has 38 heavy (non-hydrogen) atoms. The summed E-state index contributed by atoms with van der Waals surface area (Å²) in [5.41, 5.74) is 7.10. The van der Waals surface area contributed by atoms with Crippen LogP contribution < -0.4 is 5.32 Å². The van der Waals surface area contributed by atoms with E-state index in [-0.39, 0.29) is 23.7 Å². The minimum atomic E-state index is -0.321. The van der Waals surface area contributed by atoms with Gasteiger partial charge in [-0.05, 0) is 52.8 Å². The molecular weight excluding hydrogens is 476 g/mol. The molecule has 1 N–H and O–H groups in total. The van der Waals surface area contributed by atoms with Crippen LogP contribution in [-0.2, 0) is 19.1 Å². The second-order valence-corrected chi connectivity index (χ2v) is 10.3. The number of amides is 2. The first-order valence-corrected chi connectivity index (χ1v) is 13.8. The number of rotatable bonds is 1. The summed E-state index contributed by atoms with van der Waals surface area (Å²) in [7, 11) is 0. The van der Waals surface area contributed by atoms with Crippen molar-refractivity contribution in [1.82, 2.24) is 10.2 Å². The summed E-state index contributed by atoms with van der Waals surface area (Å²) in [6, 6.07) is 16.5. The van der Waals surface area contributed by atoms with E-state index in [1.165, 1.54) is 11.1 Å². The first-order valence-electron chi connectivity index (χ1n) is 13.8. The van der Waals surface area contributed by atoms with E-state index >= 15 is 0 Å². The molecule has 0 fully saturated rings. The van der Waals surface area contributed by atoms with Gasteiger partial charge >= 0.3 is 0 Å². The third-order valence-electron chi connectivity index (χ3n) is 8.20. The van der Waals surface area contributed by atoms with Gasteiger partial charge in [-0.15, -0.1) is 0 Å². The van der Waals surface area contributed by atoms with Gasteiger partial charge in [-0.3, -0.25) is 19.8 Å². The van der Waals surface area contributed by atoms with Crippen molar-refractivity contribution in [2.75, 3.05) is 46.1 Å². The van der Waals surface area contributed by atoms with Gasteiger partial charge in [-0.25, -0.2) is 0 Å². The Morgan fingerprint density at radius 2 is 1.21 bits per heavy atom. The minimum absolute atomic E-state index is 0.133. The highest BCUT2D eigenvalue weighted by atomic mass is 16.5. The number of fused-ring (bicyclic) bond motifs is 10. The Bertz CT molecular complexity index is 1260. The zero-order valence-corrected chi connectivity index (χ0v) is 21.9. The molecule has 0 aromatic heterocycles. The highest BCUT2D eigenvalue weighted by Gasteiger charge is 2.40. The summed E-state index contributed by atoms with van der Waals surface area (Å²) in [5.74, 6) is -0.375. The molecule has 2 unspecified atom stereocenters. The summed E-state index contributed by atoms with van der Waals surface area (Å²) in [4.78, 5) is 29.0. The second-order valence-electron chi connectivity index (χ2n) is 10.3. The molecule has 0 radical (unpaired) electrons. The summed E-state index contributed by atoms with van der Waals surface area (Å²) in [5, 5.41) is 2.60. The topological polar surface area (TPSA) is 67.9 Å². The van der Waals surface area contributed by atoms with Gasteiger partial charge in [0.15, 0.2) is 0 Å². The van der Waals surface area contributed by atoms with Crippen LogP contribution in [-0.4, -0.2) is 62.8 Å². The van der Waals surface area contributed by atoms with Crippen molar-refractivity contribution in [3.63, 3.8) is 0 Å². The molecule has 4 bridgehead atoms. The predicted molar refractivity (Wildman–Crippen MR) is 147 cm³/mol. The fourth-order valence-electron chi connectivity index (χ4n) is 6.22. The van der Waals surface area contributed by atoms with Gasteiger partial charge in [0.25, 0.3) is 11.8 Å². The van der Waals surface area contributed by atoms with Crippen molar-refractivity contribution in [1.29, 1.82) is 0 Å². The number of nitrogens with zero attached hydrogens (tertiary/aromatic N) is 1. The third kappa shape index (κ3) is 4.57. The van der Waals surface area contributed by atoms with Crippen LogP contribution in [0.25, 0.3) is 11.1 Å². The number of likely N-dealkylation sites (N-methyl/N-ethyl adjacent to an activating group) is 1. The third-order valence-corrected chi connectivity index (χ3v) is 8.20. The molecule has 6 heteroatoms. The Morgan fingerprint density at radius 1 is 0.737 bits per heavy atom. The lowest BCUT2D eigenvalue weighted by Gasteiger charge is -2.20. The van der Waals surface area contributed by atoms with Gasteiger partial charge in [-0.2, -0.15) is 0 Å². The zero-order chi connectivity index (χ0) is 26.1. The predicted octanol–water partition coefficient (Wildman–Crippen LogP) is 4.45. The van der Waals surface area contributed by atoms with Crippen molar-refractivity contribution in [2.24, 2.45) is 0 Å². The maximum absolute atomic E-state index is 13.3. The first-order chi connectivity index (χ1) is 18.7. The highest BCUT2D eigenvalue weighted by Crippen LogP contribution is 2.48. The van der Waals surface area contributed by atoms with Gasteiger partial charge in [0.1, 0.15) is 0 Å². The standard InChI is InChI=1S/C32H34N2O4/c1-2-34-13-17-37-15-11-21-19-27(25-9-5-3-7-23(21)25)29-30(32(36)33-31(29)35)28-20-22(12-16-38-18-14-34)24-8-4-6-10-26(24)28/h3-10,19-22H,2,11-18H2,1H3,(H,33,35,36). The van der Waals surface area contributed by atoms with Crippen LogP contribution in [0.5, 0.6) is 0 Å². The molecule has 4 aliphatic rings. The summed E-state index contributed by atoms with van der Waals surface area (Å²) >= 11 is 0. The summed E-state index contributed by atoms with van der Waals surface area (Å²) in [6.07, 6.45) is 5.98. The van der Waals surface area contributed by atoms with Gasteiger partial charge < -0.3 is 9.47 Å². The van der Waals surface area contributed by atoms with E-state index in [1.807, 2.05) is 24.3 Å². The summed E-state index contributed by atoms with van der Waals surface area (Å²) < 4.78 is 12.1. The van der Waals surface area contributed by atoms with Crippen LogP contribution in [0.2, 0.25) is 0 Å². The molecule has 0 saturated carbocycles. The van der Waals surface area contributed by atoms with Gasteiger partial charge in [0, 0.05) is 38.1 Å². The van der Waals surface area contributed by atoms with Crippen molar-refractivity contribution in [3.8, 4) is 0 Å². The molecule has 196 valence electrons. The van der Waals surface area contributed by atoms with E-state index in [9.17, 15) is 9.59 Å². The SMILES string of the molecule is CCN1CCOCCC2C=C(C3=C(C(=O)NC3=O)C3=CC(CCOCC1)c1ccccc13)c1ccccc12. The molecule has 0 saturated heterocycles. The monoisotopic (exact) mass is 510 g/mol. The van der Waals surface area contributed by atoms with Gasteiger partial charge in [-0.1, -0.05) is 67.6 Å². The normalized spacial score (nSPS) is 24.4. The van der Waals surface area contributed by atoms with E-state index in [0.29, 0.717) is 37.6 Å². The number of ether oxygens (including phenoxy) is 2. The number of hydrogen-bond donors (Lipinski definition) is 1. The lowest BCUT2D eigenvalue weighted by molar-refractivity contribution is -0.123. The molecule has 6 rings (SSSR count). The number of hydrogen-bond acceptors (Lipinski definition) is 5. The van der Waals surface area contributed by atoms with E-state index in [1.54, 1.807) is 0 Å². The number of nitrogens with one attached hydrogen (secondary N) is 1. The van der Waals surface area contributed by atoms with Crippen molar-refractivity contribution in [3.05, 3.63) is 94.1 Å². The van der Waals surface area contributed by atoms with Crippen LogP contribution >= 0.6 is 0 Å². The number of carbonyl (C=O) groups is 2. The lowest BCUT2D eigenvalue weighted by Crippen LogP contribution is -2.31. The highest BCUT2D eigenvalue weighted by molar-refractivity contribution is 6.32. The molecule has 2 heterocycles. The summed E-state index contributed by atoms with van der Waals surface area (Å²) in [6.45, 7) is 7.51. The Kier molecular flexibility index (Phi) is 7.11. The van der Waals surface area contributed by atoms with E-state index < -0.39 is 0 Å². The quantitative estimate of drug-likeness (QED) is 0.575. The van der Waals surface area contributed by atoms with Crippen LogP contribution in [0.3, 0.4) is 0 Å². The molecule has 2 atom stereocenters. The lowest BCUT2D eigenvalue weighted by atomic mass is 9.90. The van der Waals surface area contributed by atoms with Crippen LogP contribution in [0.1, 0.15) is 53.9 Å². The van der Waals surface area contributed by atoms with Gasteiger partial charge in [0.05, 0.1) is 24.4 Å². The molecule has 2 aliphatic carbocycles. The Morgan fingerprint density at radius 3 is 1.68 bits per heavy atom. The number of benzene rings is 2. The molecule has 2 aliphatic heterocycles. The van der Waals surface area contributed by atoms with E-state index in [0.717, 1.165) is 54.7 Å². The first kappa shape index (κ1) is 25.0. The number of allylic oxidation sites excluding steroid dienone is 2. The van der Waals surface area contributed by atoms with Crippen molar-refractivity contribution in [2.45, 2.75) is 31.6 Å². The molecule has 0 spiro atoms. The molecule has 2 aromatic carbocycles. The van der Waals surface area contributed by atoms with E-state index in [4.69, 9.17) is 9.47 Å². The second kappa shape index (κ2) is 10.8. The fourth-order valence-corrected chi connectivity index (χ4v) is 6.22. The smallest absolute Gasteiger partial charge is 0.259 e. The van der Waals surface area contributed by atoms with Gasteiger partial charge in [0.2, 0.25) is 0 Å². The zero-order valence-electron chi connectivity index (χ0n) is 21.9. The molecule has 2 aromatic rings. The molecule has 6 nitrogen and oxygen atoms in total. The number of carbonyl (C=O) groups excluding carboxylic acids is 2. The van der Waals surface area contributed by atoms with Crippen molar-refractivity contribution < 1.29 is 19.1 Å². The minimum Gasteiger partial charge on any atom is -0.380 e.